The minimum absolute atomic E-state index is 0.405. The van der Waals surface area contributed by atoms with Crippen molar-refractivity contribution in [2.24, 2.45) is 5.84 Å². The van der Waals surface area contributed by atoms with Crippen LogP contribution < -0.4 is 11.3 Å². The Morgan fingerprint density at radius 3 is 2.50 bits per heavy atom. The van der Waals surface area contributed by atoms with Gasteiger partial charge in [0.2, 0.25) is 0 Å². The lowest BCUT2D eigenvalue weighted by Crippen LogP contribution is -2.11. The van der Waals surface area contributed by atoms with Gasteiger partial charge in [0, 0.05) is 11.8 Å². The summed E-state index contributed by atoms with van der Waals surface area (Å²) in [5, 5.41) is 0.975. The van der Waals surface area contributed by atoms with Crippen LogP contribution in [0.5, 0.6) is 0 Å². The molecule has 0 saturated heterocycles. The van der Waals surface area contributed by atoms with Gasteiger partial charge in [0.25, 0.3) is 0 Å². The second kappa shape index (κ2) is 5.63. The maximum Gasteiger partial charge on any atom is 0.417 e. The summed E-state index contributed by atoms with van der Waals surface area (Å²) in [5.74, 6) is 5.74. The number of halogens is 3. The van der Waals surface area contributed by atoms with Gasteiger partial charge in [-0.15, -0.1) is 0 Å². The van der Waals surface area contributed by atoms with E-state index in [1.54, 1.807) is 6.92 Å². The minimum atomic E-state index is -4.39. The van der Waals surface area contributed by atoms with E-state index in [1.807, 2.05) is 0 Å². The summed E-state index contributed by atoms with van der Waals surface area (Å²) >= 11 is 1.14. The van der Waals surface area contributed by atoms with Gasteiger partial charge in [-0.05, 0) is 30.8 Å². The smallest absolute Gasteiger partial charge is 0.308 e. The van der Waals surface area contributed by atoms with Gasteiger partial charge in [0.05, 0.1) is 5.56 Å². The number of alkyl halides is 3. The van der Waals surface area contributed by atoms with Crippen LogP contribution in [0.25, 0.3) is 0 Å². The number of hydrogen-bond acceptors (Lipinski definition) is 6. The third-order valence-electron chi connectivity index (χ3n) is 2.44. The van der Waals surface area contributed by atoms with Gasteiger partial charge >= 0.3 is 6.18 Å². The van der Waals surface area contributed by atoms with Crippen LogP contribution in [0.4, 0.5) is 19.0 Å². The summed E-state index contributed by atoms with van der Waals surface area (Å²) < 4.78 is 37.3. The molecule has 0 unspecified atom stereocenters. The lowest BCUT2D eigenvalue weighted by Gasteiger charge is -2.09. The Hall–Kier alpha value is -1.87. The van der Waals surface area contributed by atoms with E-state index >= 15 is 0 Å². The summed E-state index contributed by atoms with van der Waals surface area (Å²) in [7, 11) is 0. The molecular formula is C11H10F3N5S. The molecule has 5 nitrogen and oxygen atoms in total. The molecule has 106 valence electrons. The molecule has 0 radical (unpaired) electrons. The first-order valence-corrected chi connectivity index (χ1v) is 6.23. The molecule has 0 aliphatic carbocycles. The summed E-state index contributed by atoms with van der Waals surface area (Å²) in [4.78, 5) is 11.7. The monoisotopic (exact) mass is 301 g/mol. The number of aromatic nitrogens is 3. The number of hydrogen-bond donors (Lipinski definition) is 2. The van der Waals surface area contributed by atoms with Gasteiger partial charge in [-0.3, -0.25) is 0 Å². The molecule has 0 bridgehead atoms. The molecule has 20 heavy (non-hydrogen) atoms. The van der Waals surface area contributed by atoms with E-state index in [2.05, 4.69) is 20.4 Å². The summed E-state index contributed by atoms with van der Waals surface area (Å²) in [6.07, 6.45) is -2.28. The van der Waals surface area contributed by atoms with Crippen molar-refractivity contribution < 1.29 is 13.2 Å². The normalized spacial score (nSPS) is 11.4. The standard InChI is InChI=1S/C11H10F3N5S/c1-6-9(19-15)17-5-18-10(6)20-8-3-2-7(4-16-8)11(12,13)14/h2-5H,15H2,1H3,(H,17,18,19). The summed E-state index contributed by atoms with van der Waals surface area (Å²) in [6.45, 7) is 1.75. The van der Waals surface area contributed by atoms with E-state index in [0.29, 0.717) is 21.4 Å². The fraction of sp³-hybridized carbons (Fsp3) is 0.182. The molecule has 0 saturated carbocycles. The average molecular weight is 301 g/mol. The Kier molecular flexibility index (Phi) is 4.09. The first kappa shape index (κ1) is 14.5. The van der Waals surface area contributed by atoms with E-state index in [4.69, 9.17) is 5.84 Å². The van der Waals surface area contributed by atoms with Gasteiger partial charge < -0.3 is 5.43 Å². The van der Waals surface area contributed by atoms with E-state index in [0.717, 1.165) is 24.0 Å². The van der Waals surface area contributed by atoms with Crippen molar-refractivity contribution in [2.45, 2.75) is 23.2 Å². The second-order valence-corrected chi connectivity index (χ2v) is 4.79. The number of nitrogens with zero attached hydrogens (tertiary/aromatic N) is 3. The van der Waals surface area contributed by atoms with Gasteiger partial charge in [0.15, 0.2) is 0 Å². The Labute approximate surface area is 116 Å². The van der Waals surface area contributed by atoms with E-state index in [1.165, 1.54) is 12.4 Å². The largest absolute Gasteiger partial charge is 0.417 e. The van der Waals surface area contributed by atoms with Crippen molar-refractivity contribution >= 4 is 17.6 Å². The highest BCUT2D eigenvalue weighted by molar-refractivity contribution is 7.99. The summed E-state index contributed by atoms with van der Waals surface area (Å²) in [5.41, 5.74) is 2.33. The topological polar surface area (TPSA) is 76.7 Å². The molecule has 2 heterocycles. The average Bonchev–Trinajstić information content (AvgIpc) is 2.41. The molecule has 0 aliphatic heterocycles. The maximum atomic E-state index is 12.4. The van der Waals surface area contributed by atoms with Crippen molar-refractivity contribution in [3.8, 4) is 0 Å². The molecule has 2 aromatic heterocycles. The minimum Gasteiger partial charge on any atom is -0.308 e. The Bertz CT molecular complexity index is 600. The van der Waals surface area contributed by atoms with Crippen LogP contribution in [-0.4, -0.2) is 15.0 Å². The second-order valence-electron chi connectivity index (χ2n) is 3.78. The van der Waals surface area contributed by atoms with E-state index in [9.17, 15) is 13.2 Å². The molecule has 2 rings (SSSR count). The molecule has 2 aromatic rings. The number of nitrogen functional groups attached to an aromatic ring is 1. The van der Waals surface area contributed by atoms with Crippen LogP contribution in [0, 0.1) is 6.92 Å². The maximum absolute atomic E-state index is 12.4. The number of anilines is 1. The van der Waals surface area contributed by atoms with Gasteiger partial charge in [-0.2, -0.15) is 13.2 Å². The molecule has 0 atom stereocenters. The van der Waals surface area contributed by atoms with Crippen LogP contribution in [0.1, 0.15) is 11.1 Å². The molecule has 0 aliphatic rings. The Morgan fingerprint density at radius 2 is 1.95 bits per heavy atom. The zero-order valence-corrected chi connectivity index (χ0v) is 11.1. The van der Waals surface area contributed by atoms with E-state index in [-0.39, 0.29) is 0 Å². The van der Waals surface area contributed by atoms with Crippen LogP contribution >= 0.6 is 11.8 Å². The molecule has 0 aromatic carbocycles. The molecule has 9 heteroatoms. The van der Waals surface area contributed by atoms with E-state index < -0.39 is 11.7 Å². The number of nitrogens with one attached hydrogen (secondary N) is 1. The fourth-order valence-corrected chi connectivity index (χ4v) is 2.18. The zero-order valence-electron chi connectivity index (χ0n) is 10.3. The van der Waals surface area contributed by atoms with Crippen molar-refractivity contribution in [1.29, 1.82) is 0 Å². The van der Waals surface area contributed by atoms with Crippen molar-refractivity contribution in [2.75, 3.05) is 5.43 Å². The Morgan fingerprint density at radius 1 is 1.20 bits per heavy atom. The first-order valence-electron chi connectivity index (χ1n) is 5.41. The Balaban J connectivity index is 2.23. The lowest BCUT2D eigenvalue weighted by molar-refractivity contribution is -0.137. The van der Waals surface area contributed by atoms with Crippen LogP contribution in [0.3, 0.4) is 0 Å². The predicted molar refractivity (Wildman–Crippen MR) is 67.9 cm³/mol. The number of hydrazine groups is 1. The highest BCUT2D eigenvalue weighted by Crippen LogP contribution is 2.32. The first-order chi connectivity index (χ1) is 9.41. The van der Waals surface area contributed by atoms with Gasteiger partial charge in [-0.25, -0.2) is 20.8 Å². The van der Waals surface area contributed by atoms with Crippen LogP contribution in [-0.2, 0) is 6.18 Å². The molecule has 0 spiro atoms. The highest BCUT2D eigenvalue weighted by atomic mass is 32.2. The van der Waals surface area contributed by atoms with Crippen molar-refractivity contribution in [3.63, 3.8) is 0 Å². The van der Waals surface area contributed by atoms with Gasteiger partial charge in [-0.1, -0.05) is 0 Å². The number of nitrogens with two attached hydrogens (primary N) is 1. The zero-order chi connectivity index (χ0) is 14.8. The number of pyridine rings is 1. The van der Waals surface area contributed by atoms with Crippen molar-refractivity contribution in [1.82, 2.24) is 15.0 Å². The third-order valence-corrected chi connectivity index (χ3v) is 3.50. The lowest BCUT2D eigenvalue weighted by atomic mass is 10.3. The van der Waals surface area contributed by atoms with Gasteiger partial charge in [0.1, 0.15) is 22.2 Å². The summed E-state index contributed by atoms with van der Waals surface area (Å²) in [6, 6.07) is 2.28. The highest BCUT2D eigenvalue weighted by Gasteiger charge is 2.30. The fourth-order valence-electron chi connectivity index (χ4n) is 1.39. The third kappa shape index (κ3) is 3.17. The molecular weight excluding hydrogens is 291 g/mol. The number of rotatable bonds is 3. The molecule has 3 N–H and O–H groups in total. The molecule has 0 amide bonds. The SMILES string of the molecule is Cc1c(NN)ncnc1Sc1ccc(C(F)(F)F)cn1. The quantitative estimate of drug-likeness (QED) is 0.515. The van der Waals surface area contributed by atoms with Crippen molar-refractivity contribution in [3.05, 3.63) is 35.8 Å². The van der Waals surface area contributed by atoms with Crippen LogP contribution in [0.15, 0.2) is 34.7 Å². The van der Waals surface area contributed by atoms with Crippen LogP contribution in [0.2, 0.25) is 0 Å². The predicted octanol–water partition coefficient (Wildman–Crippen LogP) is 2.64. The molecule has 0 fully saturated rings.